The zero-order valence-corrected chi connectivity index (χ0v) is 26.1. The van der Waals surface area contributed by atoms with E-state index in [2.05, 4.69) is 169 Å². The van der Waals surface area contributed by atoms with E-state index in [9.17, 15) is 0 Å². The van der Waals surface area contributed by atoms with Crippen molar-refractivity contribution in [2.75, 3.05) is 4.90 Å². The van der Waals surface area contributed by atoms with Crippen LogP contribution in [0.25, 0.3) is 76.2 Å². The Balaban J connectivity index is 1.18. The molecular formula is C46H29NO. The molecule has 224 valence electrons. The maximum atomic E-state index is 6.22. The molecule has 48 heavy (non-hydrogen) atoms. The summed E-state index contributed by atoms with van der Waals surface area (Å²) < 4.78 is 6.22. The van der Waals surface area contributed by atoms with Crippen molar-refractivity contribution in [3.05, 3.63) is 176 Å². The van der Waals surface area contributed by atoms with Gasteiger partial charge in [0.05, 0.1) is 0 Å². The summed E-state index contributed by atoms with van der Waals surface area (Å²) in [6, 6.07) is 63.5. The highest BCUT2D eigenvalue weighted by atomic mass is 16.3. The van der Waals surface area contributed by atoms with Crippen LogP contribution in [0.3, 0.4) is 0 Å². The van der Waals surface area contributed by atoms with E-state index in [0.29, 0.717) is 0 Å². The summed E-state index contributed by atoms with van der Waals surface area (Å²) in [5, 5.41) is 12.3. The van der Waals surface area contributed by atoms with Gasteiger partial charge in [0.25, 0.3) is 0 Å². The van der Waals surface area contributed by atoms with Crippen molar-refractivity contribution in [3.63, 3.8) is 0 Å². The lowest BCUT2D eigenvalue weighted by Crippen LogP contribution is -2.10. The van der Waals surface area contributed by atoms with E-state index in [4.69, 9.17) is 4.42 Å². The second kappa shape index (κ2) is 10.6. The summed E-state index contributed by atoms with van der Waals surface area (Å²) in [4.78, 5) is 2.39. The van der Waals surface area contributed by atoms with Crippen LogP contribution in [0.15, 0.2) is 180 Å². The number of para-hydroxylation sites is 1. The predicted molar refractivity (Wildman–Crippen MR) is 204 cm³/mol. The third-order valence-corrected chi connectivity index (χ3v) is 9.82. The van der Waals surface area contributed by atoms with Crippen LogP contribution >= 0.6 is 0 Å². The zero-order chi connectivity index (χ0) is 31.6. The van der Waals surface area contributed by atoms with E-state index in [1.165, 1.54) is 48.7 Å². The quantitative estimate of drug-likeness (QED) is 0.184. The number of rotatable bonds is 4. The van der Waals surface area contributed by atoms with Gasteiger partial charge in [0, 0.05) is 27.8 Å². The highest BCUT2D eigenvalue weighted by Crippen LogP contribution is 2.42. The molecule has 2 heteroatoms. The monoisotopic (exact) mass is 611 g/mol. The van der Waals surface area contributed by atoms with Crippen molar-refractivity contribution < 1.29 is 4.42 Å². The molecule has 0 amide bonds. The standard InChI is InChI=1S/C46H29NO/c1-3-10-38-30(8-1)16-18-33-22-26-36(28-42(33)38)47(37-27-23-34-19-17-31-9-2-4-11-39(31)43(34)29-37)35-24-20-32(21-25-35)40-13-7-15-45-46(40)41-12-5-6-14-44(41)48-45/h1-29H. The van der Waals surface area contributed by atoms with Gasteiger partial charge in [-0.2, -0.15) is 0 Å². The normalized spacial score (nSPS) is 11.8. The Hall–Kier alpha value is -6.38. The molecule has 0 fully saturated rings. The van der Waals surface area contributed by atoms with Crippen LogP contribution in [0.5, 0.6) is 0 Å². The summed E-state index contributed by atoms with van der Waals surface area (Å²) in [5.74, 6) is 0. The lowest BCUT2D eigenvalue weighted by molar-refractivity contribution is 0.669. The van der Waals surface area contributed by atoms with E-state index in [-0.39, 0.29) is 0 Å². The molecule has 0 aliphatic rings. The first kappa shape index (κ1) is 26.8. The molecule has 0 aliphatic carbocycles. The number of nitrogens with zero attached hydrogens (tertiary/aromatic N) is 1. The summed E-state index contributed by atoms with van der Waals surface area (Å²) in [6.45, 7) is 0. The average molecular weight is 612 g/mol. The highest BCUT2D eigenvalue weighted by molar-refractivity contribution is 6.13. The molecule has 0 saturated heterocycles. The third kappa shape index (κ3) is 4.20. The lowest BCUT2D eigenvalue weighted by atomic mass is 9.98. The first-order valence-electron chi connectivity index (χ1n) is 16.4. The molecule has 0 N–H and O–H groups in total. The number of hydrogen-bond donors (Lipinski definition) is 0. The van der Waals surface area contributed by atoms with Crippen LogP contribution in [0.2, 0.25) is 0 Å². The van der Waals surface area contributed by atoms with E-state index >= 15 is 0 Å². The molecule has 1 heterocycles. The maximum absolute atomic E-state index is 6.22. The molecule has 0 atom stereocenters. The Morgan fingerprint density at radius 3 is 1.44 bits per heavy atom. The minimum atomic E-state index is 0.909. The molecule has 0 aliphatic heterocycles. The Bertz CT molecular complexity index is 2720. The van der Waals surface area contributed by atoms with Gasteiger partial charge in [-0.25, -0.2) is 0 Å². The van der Waals surface area contributed by atoms with Gasteiger partial charge in [-0.05, 0) is 103 Å². The Morgan fingerprint density at radius 1 is 0.333 bits per heavy atom. The van der Waals surface area contributed by atoms with Gasteiger partial charge in [0.1, 0.15) is 11.2 Å². The van der Waals surface area contributed by atoms with Gasteiger partial charge >= 0.3 is 0 Å². The summed E-state index contributed by atoms with van der Waals surface area (Å²) in [5.41, 5.74) is 7.49. The number of fused-ring (bicyclic) bond motifs is 9. The molecule has 1 aromatic heterocycles. The fraction of sp³-hybridized carbons (Fsp3) is 0. The molecule has 10 rings (SSSR count). The highest BCUT2D eigenvalue weighted by Gasteiger charge is 2.17. The van der Waals surface area contributed by atoms with Crippen molar-refractivity contribution in [2.45, 2.75) is 0 Å². The van der Waals surface area contributed by atoms with Gasteiger partial charge in [-0.1, -0.05) is 127 Å². The molecule has 10 aromatic rings. The smallest absolute Gasteiger partial charge is 0.136 e. The Kier molecular flexibility index (Phi) is 5.91. The van der Waals surface area contributed by atoms with Gasteiger partial charge < -0.3 is 9.32 Å². The molecule has 0 unspecified atom stereocenters. The fourth-order valence-corrected chi connectivity index (χ4v) is 7.51. The number of benzene rings is 9. The van der Waals surface area contributed by atoms with Crippen LogP contribution in [0.1, 0.15) is 0 Å². The predicted octanol–water partition coefficient (Wildman–Crippen LogP) is 13.3. The van der Waals surface area contributed by atoms with Crippen molar-refractivity contribution in [1.82, 2.24) is 0 Å². The van der Waals surface area contributed by atoms with Gasteiger partial charge in [-0.3, -0.25) is 0 Å². The molecule has 0 radical (unpaired) electrons. The first-order valence-corrected chi connectivity index (χ1v) is 16.4. The lowest BCUT2D eigenvalue weighted by Gasteiger charge is -2.27. The fourth-order valence-electron chi connectivity index (χ4n) is 7.51. The van der Waals surface area contributed by atoms with E-state index in [0.717, 1.165) is 44.6 Å². The zero-order valence-electron chi connectivity index (χ0n) is 26.1. The van der Waals surface area contributed by atoms with Gasteiger partial charge in [-0.15, -0.1) is 0 Å². The van der Waals surface area contributed by atoms with Crippen molar-refractivity contribution >= 4 is 82.1 Å². The van der Waals surface area contributed by atoms with Crippen LogP contribution in [0, 0.1) is 0 Å². The maximum Gasteiger partial charge on any atom is 0.136 e. The Labute approximate surface area is 277 Å². The Morgan fingerprint density at radius 2 is 0.812 bits per heavy atom. The molecule has 9 aromatic carbocycles. The van der Waals surface area contributed by atoms with E-state index in [1.54, 1.807) is 0 Å². The number of anilines is 3. The molecule has 0 bridgehead atoms. The minimum absolute atomic E-state index is 0.909. The number of furan rings is 1. The van der Waals surface area contributed by atoms with Gasteiger partial charge in [0.15, 0.2) is 0 Å². The van der Waals surface area contributed by atoms with Crippen LogP contribution in [0.4, 0.5) is 17.1 Å². The largest absolute Gasteiger partial charge is 0.456 e. The van der Waals surface area contributed by atoms with Gasteiger partial charge in [0.2, 0.25) is 0 Å². The first-order chi connectivity index (χ1) is 23.8. The second-order valence-corrected chi connectivity index (χ2v) is 12.5. The van der Waals surface area contributed by atoms with Crippen molar-refractivity contribution in [2.24, 2.45) is 0 Å². The minimum Gasteiger partial charge on any atom is -0.456 e. The van der Waals surface area contributed by atoms with Crippen LogP contribution < -0.4 is 4.90 Å². The molecule has 0 saturated carbocycles. The van der Waals surface area contributed by atoms with Crippen LogP contribution in [-0.4, -0.2) is 0 Å². The third-order valence-electron chi connectivity index (χ3n) is 9.82. The molecule has 2 nitrogen and oxygen atoms in total. The SMILES string of the molecule is c1ccc2c(c1)ccc1ccc(N(c3ccc(-c4cccc5oc6ccccc6c45)cc3)c3ccc4ccc5ccccc5c4c3)cc12. The van der Waals surface area contributed by atoms with Crippen molar-refractivity contribution in [1.29, 1.82) is 0 Å². The average Bonchev–Trinajstić information content (AvgIpc) is 3.54. The van der Waals surface area contributed by atoms with E-state index in [1.807, 2.05) is 12.1 Å². The van der Waals surface area contributed by atoms with Crippen LogP contribution in [-0.2, 0) is 0 Å². The van der Waals surface area contributed by atoms with E-state index < -0.39 is 0 Å². The summed E-state index contributed by atoms with van der Waals surface area (Å²) in [6.07, 6.45) is 0. The topological polar surface area (TPSA) is 16.4 Å². The van der Waals surface area contributed by atoms with Crippen molar-refractivity contribution in [3.8, 4) is 11.1 Å². The number of hydrogen-bond acceptors (Lipinski definition) is 2. The summed E-state index contributed by atoms with van der Waals surface area (Å²) >= 11 is 0. The summed E-state index contributed by atoms with van der Waals surface area (Å²) in [7, 11) is 0. The molecular weight excluding hydrogens is 583 g/mol. The second-order valence-electron chi connectivity index (χ2n) is 12.5. The molecule has 0 spiro atoms.